The lowest BCUT2D eigenvalue weighted by molar-refractivity contribution is 0.153. The van der Waals surface area contributed by atoms with Crippen LogP contribution in [0.25, 0.3) is 12.2 Å². The maximum atomic E-state index is 15.1. The molecule has 2 aromatic carbocycles. The van der Waals surface area contributed by atoms with Crippen molar-refractivity contribution in [1.82, 2.24) is 0 Å². The molecular formula is C25H23F3O. The van der Waals surface area contributed by atoms with E-state index in [-0.39, 0.29) is 11.4 Å². The van der Waals surface area contributed by atoms with E-state index in [0.29, 0.717) is 12.8 Å². The topological polar surface area (TPSA) is 20.2 Å². The van der Waals surface area contributed by atoms with Crippen LogP contribution in [0.5, 0.6) is 5.75 Å². The van der Waals surface area contributed by atoms with Crippen molar-refractivity contribution in [3.63, 3.8) is 0 Å². The summed E-state index contributed by atoms with van der Waals surface area (Å²) in [7, 11) is 0. The minimum Gasteiger partial charge on any atom is -0.505 e. The number of aryl methyl sites for hydroxylation is 1. The Morgan fingerprint density at radius 3 is 2.17 bits per heavy atom. The molecule has 0 radical (unpaired) electrons. The fourth-order valence-corrected chi connectivity index (χ4v) is 4.27. The van der Waals surface area contributed by atoms with Gasteiger partial charge < -0.3 is 5.11 Å². The molecule has 1 saturated carbocycles. The van der Waals surface area contributed by atoms with Gasteiger partial charge in [0, 0.05) is 16.4 Å². The van der Waals surface area contributed by atoms with E-state index in [1.165, 1.54) is 17.7 Å². The first-order valence-corrected chi connectivity index (χ1v) is 9.84. The number of benzene rings is 2. The Morgan fingerprint density at radius 1 is 0.828 bits per heavy atom. The van der Waals surface area contributed by atoms with Crippen molar-refractivity contribution in [3.8, 4) is 5.75 Å². The third-order valence-corrected chi connectivity index (χ3v) is 6.32. The van der Waals surface area contributed by atoms with Gasteiger partial charge in [0.25, 0.3) is 0 Å². The summed E-state index contributed by atoms with van der Waals surface area (Å²) in [6, 6.07) is 10.6. The number of phenols is 1. The second kappa shape index (κ2) is 7.25. The van der Waals surface area contributed by atoms with E-state index in [2.05, 4.69) is 0 Å². The summed E-state index contributed by atoms with van der Waals surface area (Å²) < 4.78 is 42.6. The number of hydrogen-bond acceptors (Lipinski definition) is 1. The van der Waals surface area contributed by atoms with Crippen molar-refractivity contribution < 1.29 is 18.3 Å². The molecule has 0 unspecified atom stereocenters. The lowest BCUT2D eigenvalue weighted by atomic mass is 9.57. The van der Waals surface area contributed by atoms with Crippen LogP contribution in [0.2, 0.25) is 0 Å². The van der Waals surface area contributed by atoms with E-state index in [1.807, 2.05) is 43.3 Å². The molecule has 1 fully saturated rings. The Hall–Kier alpha value is -2.75. The van der Waals surface area contributed by atoms with Crippen molar-refractivity contribution in [2.45, 2.75) is 32.6 Å². The van der Waals surface area contributed by atoms with E-state index in [4.69, 9.17) is 0 Å². The molecule has 0 atom stereocenters. The average molecular weight is 396 g/mol. The third kappa shape index (κ3) is 3.64. The molecule has 0 saturated heterocycles. The van der Waals surface area contributed by atoms with Crippen molar-refractivity contribution in [1.29, 1.82) is 0 Å². The summed E-state index contributed by atoms with van der Waals surface area (Å²) in [5, 5.41) is 9.25. The molecule has 29 heavy (non-hydrogen) atoms. The SMILES string of the molecule is Cc1ccc(/C=C/C23CCC(/C=C/c4ccc(O)c(F)c4F)(C=C2F)CC3)cc1. The highest BCUT2D eigenvalue weighted by molar-refractivity contribution is 5.55. The van der Waals surface area contributed by atoms with Crippen LogP contribution in [-0.2, 0) is 0 Å². The first-order chi connectivity index (χ1) is 13.8. The van der Waals surface area contributed by atoms with Gasteiger partial charge in [-0.25, -0.2) is 8.78 Å². The number of halogens is 3. The first kappa shape index (κ1) is 19.6. The minimum atomic E-state index is -1.26. The zero-order valence-electron chi connectivity index (χ0n) is 16.3. The van der Waals surface area contributed by atoms with Crippen LogP contribution in [0, 0.1) is 29.4 Å². The molecule has 0 amide bonds. The van der Waals surface area contributed by atoms with Gasteiger partial charge >= 0.3 is 0 Å². The monoisotopic (exact) mass is 396 g/mol. The Kier molecular flexibility index (Phi) is 4.89. The van der Waals surface area contributed by atoms with Gasteiger partial charge in [-0.1, -0.05) is 54.1 Å². The molecule has 0 spiro atoms. The number of fused-ring (bicyclic) bond motifs is 2. The Bertz CT molecular complexity index is 1010. The molecule has 3 aliphatic rings. The van der Waals surface area contributed by atoms with Gasteiger partial charge in [0.05, 0.1) is 0 Å². The van der Waals surface area contributed by atoms with Crippen LogP contribution in [0.1, 0.15) is 42.4 Å². The largest absolute Gasteiger partial charge is 0.505 e. The maximum absolute atomic E-state index is 15.1. The van der Waals surface area contributed by atoms with Gasteiger partial charge in [0.15, 0.2) is 11.6 Å². The Morgan fingerprint density at radius 2 is 1.52 bits per heavy atom. The predicted octanol–water partition coefficient (Wildman–Crippen LogP) is 7.12. The second-order valence-electron chi connectivity index (χ2n) is 8.26. The first-order valence-electron chi connectivity index (χ1n) is 9.84. The van der Waals surface area contributed by atoms with Gasteiger partial charge in [-0.15, -0.1) is 0 Å². The van der Waals surface area contributed by atoms with Gasteiger partial charge in [0.1, 0.15) is 5.83 Å². The maximum Gasteiger partial charge on any atom is 0.200 e. The summed E-state index contributed by atoms with van der Waals surface area (Å²) in [5.74, 6) is -3.23. The zero-order valence-corrected chi connectivity index (χ0v) is 16.3. The van der Waals surface area contributed by atoms with E-state index < -0.39 is 28.2 Å². The van der Waals surface area contributed by atoms with E-state index in [9.17, 15) is 13.9 Å². The number of allylic oxidation sites excluding steroid dienone is 4. The Balaban J connectivity index is 1.57. The molecule has 1 nitrogen and oxygen atoms in total. The van der Waals surface area contributed by atoms with E-state index >= 15 is 4.39 Å². The molecule has 1 N–H and O–H groups in total. The molecule has 3 aliphatic carbocycles. The molecule has 4 heteroatoms. The number of rotatable bonds is 4. The molecule has 2 aromatic rings. The molecule has 0 heterocycles. The molecule has 0 aromatic heterocycles. The second-order valence-corrected chi connectivity index (χ2v) is 8.26. The molecule has 0 aliphatic heterocycles. The zero-order chi connectivity index (χ0) is 20.6. The quantitative estimate of drug-likeness (QED) is 0.583. The number of hydrogen-bond donors (Lipinski definition) is 1. The summed E-state index contributed by atoms with van der Waals surface area (Å²) in [6.45, 7) is 2.03. The van der Waals surface area contributed by atoms with E-state index in [1.54, 1.807) is 12.2 Å². The molecule has 150 valence electrons. The van der Waals surface area contributed by atoms with Gasteiger partial charge in [-0.05, 0) is 56.4 Å². The van der Waals surface area contributed by atoms with Crippen molar-refractivity contribution in [2.75, 3.05) is 0 Å². The molecule has 5 rings (SSSR count). The number of phenolic OH excluding ortho intramolecular Hbond substituents is 1. The van der Waals surface area contributed by atoms with Crippen LogP contribution in [0.4, 0.5) is 13.2 Å². The molecular weight excluding hydrogens is 373 g/mol. The standard InChI is InChI=1S/C25H23F3O/c1-17-2-4-18(5-3-17)8-11-25-14-12-24(13-15-25,16-21(25)26)10-9-19-6-7-20(29)23(28)22(19)27/h2-11,16,29H,12-15H2,1H3/b10-9+,11-8+. The summed E-state index contributed by atoms with van der Waals surface area (Å²) in [4.78, 5) is 0. The normalized spacial score (nSPS) is 26.4. The van der Waals surface area contributed by atoms with Crippen molar-refractivity contribution in [2.24, 2.45) is 10.8 Å². The highest BCUT2D eigenvalue weighted by Crippen LogP contribution is 2.58. The number of aromatic hydroxyl groups is 1. The lowest BCUT2D eigenvalue weighted by Gasteiger charge is -2.47. The highest BCUT2D eigenvalue weighted by atomic mass is 19.2. The van der Waals surface area contributed by atoms with Gasteiger partial charge in [0.2, 0.25) is 5.82 Å². The van der Waals surface area contributed by atoms with Crippen LogP contribution in [0.15, 0.2) is 60.5 Å². The summed E-state index contributed by atoms with van der Waals surface area (Å²) >= 11 is 0. The van der Waals surface area contributed by atoms with Crippen LogP contribution < -0.4 is 0 Å². The summed E-state index contributed by atoms with van der Waals surface area (Å²) in [5.41, 5.74) is 1.22. The van der Waals surface area contributed by atoms with Crippen molar-refractivity contribution >= 4 is 12.2 Å². The van der Waals surface area contributed by atoms with Gasteiger partial charge in [-0.2, -0.15) is 4.39 Å². The van der Waals surface area contributed by atoms with Crippen LogP contribution in [0.3, 0.4) is 0 Å². The highest BCUT2D eigenvalue weighted by Gasteiger charge is 2.47. The summed E-state index contributed by atoms with van der Waals surface area (Å²) in [6.07, 6.45) is 11.7. The van der Waals surface area contributed by atoms with Crippen molar-refractivity contribution in [3.05, 3.63) is 88.8 Å². The third-order valence-electron chi connectivity index (χ3n) is 6.32. The predicted molar refractivity (Wildman–Crippen MR) is 110 cm³/mol. The lowest BCUT2D eigenvalue weighted by Crippen LogP contribution is -2.37. The molecule has 2 bridgehead atoms. The van der Waals surface area contributed by atoms with Crippen LogP contribution >= 0.6 is 0 Å². The smallest absolute Gasteiger partial charge is 0.200 e. The Labute approximate surface area is 168 Å². The van der Waals surface area contributed by atoms with Crippen LogP contribution in [-0.4, -0.2) is 5.11 Å². The van der Waals surface area contributed by atoms with Gasteiger partial charge in [-0.3, -0.25) is 0 Å². The average Bonchev–Trinajstić information content (AvgIpc) is 2.72. The fourth-order valence-electron chi connectivity index (χ4n) is 4.27. The fraction of sp³-hybridized carbons (Fsp3) is 0.280. The minimum absolute atomic E-state index is 0.0464. The van der Waals surface area contributed by atoms with E-state index in [0.717, 1.165) is 24.5 Å².